The third-order valence-corrected chi connectivity index (χ3v) is 2.94. The number of benzene rings is 1. The minimum absolute atomic E-state index is 0.186. The van der Waals surface area contributed by atoms with Gasteiger partial charge in [0.1, 0.15) is 0 Å². The van der Waals surface area contributed by atoms with Crippen molar-refractivity contribution in [3.8, 4) is 0 Å². The average Bonchev–Trinajstić information content (AvgIpc) is 2.44. The molecule has 0 saturated carbocycles. The molecule has 0 fully saturated rings. The van der Waals surface area contributed by atoms with Crippen LogP contribution in [-0.4, -0.2) is 25.1 Å². The Morgan fingerprint density at radius 1 is 1.29 bits per heavy atom. The molecule has 4 nitrogen and oxygen atoms in total. The van der Waals surface area contributed by atoms with Gasteiger partial charge >= 0.3 is 0 Å². The fourth-order valence-corrected chi connectivity index (χ4v) is 1.62. The van der Waals surface area contributed by atoms with E-state index in [0.717, 1.165) is 18.4 Å². The van der Waals surface area contributed by atoms with Crippen LogP contribution in [0, 0.1) is 12.8 Å². The second kappa shape index (κ2) is 9.16. The van der Waals surface area contributed by atoms with Crippen molar-refractivity contribution in [1.82, 2.24) is 5.32 Å². The lowest BCUT2D eigenvalue weighted by Crippen LogP contribution is -2.33. The van der Waals surface area contributed by atoms with Crippen LogP contribution in [0.5, 0.6) is 0 Å². The van der Waals surface area contributed by atoms with E-state index in [4.69, 9.17) is 4.74 Å². The van der Waals surface area contributed by atoms with E-state index < -0.39 is 0 Å². The molecule has 0 saturated heterocycles. The molecule has 21 heavy (non-hydrogen) atoms. The Bertz CT molecular complexity index is 464. The van der Waals surface area contributed by atoms with Crippen LogP contribution in [0.3, 0.4) is 0 Å². The van der Waals surface area contributed by atoms with E-state index in [1.54, 1.807) is 12.1 Å². The molecule has 0 spiro atoms. The first kappa shape index (κ1) is 17.2. The quantitative estimate of drug-likeness (QED) is 0.643. The molecular weight excluding hydrogens is 264 g/mol. The highest BCUT2D eigenvalue weighted by Gasteiger charge is 2.09. The average molecular weight is 290 g/mol. The van der Waals surface area contributed by atoms with Crippen molar-refractivity contribution in [2.24, 2.45) is 10.9 Å². The molecule has 0 bridgehead atoms. The standard InChI is InChI=1S/C17H26N2O2/c1-5-12-21-17(18-11-10-13(2)3)19-16(20)15-8-6-14(4)7-9-15/h6-9,13H,5,10-12H2,1-4H3,(H,18,19,20). The summed E-state index contributed by atoms with van der Waals surface area (Å²) < 4.78 is 5.51. The summed E-state index contributed by atoms with van der Waals surface area (Å²) in [4.78, 5) is 16.5. The number of ether oxygens (including phenoxy) is 1. The number of hydrogen-bond donors (Lipinski definition) is 1. The molecule has 1 aromatic rings. The molecule has 0 unspecified atom stereocenters. The van der Waals surface area contributed by atoms with E-state index in [2.05, 4.69) is 24.2 Å². The monoisotopic (exact) mass is 290 g/mol. The smallest absolute Gasteiger partial charge is 0.291 e. The van der Waals surface area contributed by atoms with Gasteiger partial charge in [-0.25, -0.2) is 4.99 Å². The van der Waals surface area contributed by atoms with Gasteiger partial charge in [-0.1, -0.05) is 38.5 Å². The zero-order valence-electron chi connectivity index (χ0n) is 13.5. The zero-order chi connectivity index (χ0) is 15.7. The lowest BCUT2D eigenvalue weighted by Gasteiger charge is -2.10. The third kappa shape index (κ3) is 6.93. The molecule has 116 valence electrons. The normalized spacial score (nSPS) is 11.6. The summed E-state index contributed by atoms with van der Waals surface area (Å²) in [7, 11) is 0. The molecule has 1 aromatic carbocycles. The second-order valence-corrected chi connectivity index (χ2v) is 5.54. The predicted molar refractivity (Wildman–Crippen MR) is 86.6 cm³/mol. The first-order chi connectivity index (χ1) is 10.0. The molecule has 1 amide bonds. The van der Waals surface area contributed by atoms with E-state index in [0.29, 0.717) is 30.7 Å². The van der Waals surface area contributed by atoms with E-state index in [-0.39, 0.29) is 5.91 Å². The van der Waals surface area contributed by atoms with Gasteiger partial charge in [0.2, 0.25) is 0 Å². The number of hydrogen-bond acceptors (Lipinski definition) is 3. The number of aryl methyl sites for hydroxylation is 1. The molecule has 1 N–H and O–H groups in total. The summed E-state index contributed by atoms with van der Waals surface area (Å²) >= 11 is 0. The highest BCUT2D eigenvalue weighted by molar-refractivity contribution is 6.04. The number of amides is 1. The summed E-state index contributed by atoms with van der Waals surface area (Å²) in [5.74, 6) is 0.392. The van der Waals surface area contributed by atoms with Crippen LogP contribution in [0.2, 0.25) is 0 Å². The number of rotatable bonds is 6. The number of carbonyl (C=O) groups excluding carboxylic acids is 1. The van der Waals surface area contributed by atoms with Crippen LogP contribution in [0.25, 0.3) is 0 Å². The maximum absolute atomic E-state index is 12.2. The van der Waals surface area contributed by atoms with Crippen molar-refractivity contribution in [3.05, 3.63) is 35.4 Å². The van der Waals surface area contributed by atoms with Crippen LogP contribution in [0.4, 0.5) is 0 Å². The highest BCUT2D eigenvalue weighted by Crippen LogP contribution is 2.03. The van der Waals surface area contributed by atoms with Crippen molar-refractivity contribution in [2.45, 2.75) is 40.5 Å². The molecule has 4 heteroatoms. The van der Waals surface area contributed by atoms with Gasteiger partial charge in [0.05, 0.1) is 6.61 Å². The number of aliphatic imine (C=N–C) groups is 1. The molecule has 0 atom stereocenters. The van der Waals surface area contributed by atoms with E-state index in [9.17, 15) is 4.79 Å². The third-order valence-electron chi connectivity index (χ3n) is 2.94. The van der Waals surface area contributed by atoms with Crippen LogP contribution in [-0.2, 0) is 4.74 Å². The summed E-state index contributed by atoms with van der Waals surface area (Å²) in [6, 6.07) is 7.75. The van der Waals surface area contributed by atoms with Gasteiger partial charge in [0, 0.05) is 12.1 Å². The van der Waals surface area contributed by atoms with Crippen LogP contribution < -0.4 is 5.32 Å². The van der Waals surface area contributed by atoms with E-state index in [1.165, 1.54) is 0 Å². The van der Waals surface area contributed by atoms with Crippen molar-refractivity contribution in [2.75, 3.05) is 13.2 Å². The Hall–Kier alpha value is -1.84. The molecule has 0 radical (unpaired) electrons. The maximum atomic E-state index is 12.2. The minimum atomic E-state index is -0.186. The lowest BCUT2D eigenvalue weighted by atomic mass is 10.1. The number of nitrogens with one attached hydrogen (secondary N) is 1. The second-order valence-electron chi connectivity index (χ2n) is 5.54. The van der Waals surface area contributed by atoms with Crippen molar-refractivity contribution < 1.29 is 9.53 Å². The van der Waals surface area contributed by atoms with Gasteiger partial charge in [-0.15, -0.1) is 0 Å². The predicted octanol–water partition coefficient (Wildman–Crippen LogP) is 3.55. The fourth-order valence-electron chi connectivity index (χ4n) is 1.62. The Labute approximate surface area is 127 Å². The molecule has 1 rings (SSSR count). The first-order valence-electron chi connectivity index (χ1n) is 7.58. The van der Waals surface area contributed by atoms with Crippen molar-refractivity contribution in [3.63, 3.8) is 0 Å². The topological polar surface area (TPSA) is 50.7 Å². The molecule has 0 aromatic heterocycles. The zero-order valence-corrected chi connectivity index (χ0v) is 13.5. The Morgan fingerprint density at radius 2 is 1.95 bits per heavy atom. The summed E-state index contributed by atoms with van der Waals surface area (Å²) in [6.45, 7) is 9.51. The molecule has 0 aliphatic carbocycles. The Balaban J connectivity index is 2.65. The highest BCUT2D eigenvalue weighted by atomic mass is 16.5. The molecule has 0 aliphatic rings. The van der Waals surface area contributed by atoms with E-state index >= 15 is 0 Å². The van der Waals surface area contributed by atoms with Gasteiger partial charge in [-0.3, -0.25) is 10.1 Å². The van der Waals surface area contributed by atoms with Crippen molar-refractivity contribution in [1.29, 1.82) is 0 Å². The number of carbonyl (C=O) groups is 1. The van der Waals surface area contributed by atoms with Crippen LogP contribution >= 0.6 is 0 Å². The van der Waals surface area contributed by atoms with Gasteiger partial charge < -0.3 is 4.74 Å². The number of amidine groups is 1. The molecular formula is C17H26N2O2. The lowest BCUT2D eigenvalue weighted by molar-refractivity contribution is 0.0965. The van der Waals surface area contributed by atoms with Gasteiger partial charge in [-0.2, -0.15) is 0 Å². The van der Waals surface area contributed by atoms with Crippen molar-refractivity contribution >= 4 is 11.9 Å². The summed E-state index contributed by atoms with van der Waals surface area (Å²) in [5, 5.41) is 2.75. The van der Waals surface area contributed by atoms with E-state index in [1.807, 2.05) is 26.0 Å². The molecule has 0 aliphatic heterocycles. The Morgan fingerprint density at radius 3 is 2.52 bits per heavy atom. The van der Waals surface area contributed by atoms with Gasteiger partial charge in [0.25, 0.3) is 11.9 Å². The first-order valence-corrected chi connectivity index (χ1v) is 7.58. The largest absolute Gasteiger partial charge is 0.465 e. The van der Waals surface area contributed by atoms with Gasteiger partial charge in [0.15, 0.2) is 0 Å². The van der Waals surface area contributed by atoms with Crippen LogP contribution in [0.15, 0.2) is 29.3 Å². The fraction of sp³-hybridized carbons (Fsp3) is 0.529. The summed E-state index contributed by atoms with van der Waals surface area (Å²) in [5.41, 5.74) is 1.73. The summed E-state index contributed by atoms with van der Waals surface area (Å²) in [6.07, 6.45) is 1.85. The van der Waals surface area contributed by atoms with Gasteiger partial charge in [-0.05, 0) is 37.8 Å². The maximum Gasteiger partial charge on any atom is 0.291 e. The minimum Gasteiger partial charge on any atom is -0.465 e. The number of nitrogens with zero attached hydrogens (tertiary/aromatic N) is 1. The Kier molecular flexibility index (Phi) is 7.51. The SMILES string of the molecule is CCCOC(=NCCC(C)C)NC(=O)c1ccc(C)cc1. The molecule has 0 heterocycles. The van der Waals surface area contributed by atoms with Crippen LogP contribution in [0.1, 0.15) is 49.5 Å².